The predicted molar refractivity (Wildman–Crippen MR) is 128 cm³/mol. The van der Waals surface area contributed by atoms with Crippen molar-refractivity contribution in [2.45, 2.75) is 19.5 Å². The number of nitrogens with zero attached hydrogens (tertiary/aromatic N) is 2. The number of pyridine rings is 1. The van der Waals surface area contributed by atoms with Crippen LogP contribution in [0.15, 0.2) is 58.7 Å². The molecule has 3 heterocycles. The highest BCUT2D eigenvalue weighted by Gasteiger charge is 2.20. The fourth-order valence-corrected chi connectivity index (χ4v) is 4.68. The molecule has 0 unspecified atom stereocenters. The third-order valence-corrected chi connectivity index (χ3v) is 6.78. The van der Waals surface area contributed by atoms with Gasteiger partial charge in [-0.15, -0.1) is 11.3 Å². The summed E-state index contributed by atoms with van der Waals surface area (Å²) in [6, 6.07) is 15.3. The van der Waals surface area contributed by atoms with Gasteiger partial charge in [0.1, 0.15) is 11.3 Å². The maximum Gasteiger partial charge on any atom is 0.261 e. The second-order valence-electron chi connectivity index (χ2n) is 7.87. The summed E-state index contributed by atoms with van der Waals surface area (Å²) in [4.78, 5) is 33.6. The lowest BCUT2D eigenvalue weighted by Crippen LogP contribution is -2.46. The molecule has 1 amide bonds. The first kappa shape index (κ1) is 22.1. The highest BCUT2D eigenvalue weighted by Crippen LogP contribution is 2.28. The first-order valence-electron chi connectivity index (χ1n) is 10.7. The Morgan fingerprint density at radius 1 is 1.12 bits per heavy atom. The maximum atomic E-state index is 12.5. The highest BCUT2D eigenvalue weighted by atomic mass is 32.1. The number of ether oxygens (including phenoxy) is 1. The highest BCUT2D eigenvalue weighted by molar-refractivity contribution is 7.10. The van der Waals surface area contributed by atoms with E-state index in [0.29, 0.717) is 6.54 Å². The second kappa shape index (κ2) is 10.0. The van der Waals surface area contributed by atoms with Gasteiger partial charge in [0.05, 0.1) is 18.8 Å². The Balaban J connectivity index is 1.34. The molecule has 8 heteroatoms. The van der Waals surface area contributed by atoms with Gasteiger partial charge in [-0.05, 0) is 42.6 Å². The van der Waals surface area contributed by atoms with Crippen molar-refractivity contribution in [3.63, 3.8) is 0 Å². The van der Waals surface area contributed by atoms with Gasteiger partial charge in [-0.3, -0.25) is 14.5 Å². The molecule has 1 aliphatic rings. The van der Waals surface area contributed by atoms with Crippen LogP contribution < -0.4 is 20.5 Å². The van der Waals surface area contributed by atoms with Crippen molar-refractivity contribution in [3.8, 4) is 5.75 Å². The number of para-hydroxylation sites is 2. The lowest BCUT2D eigenvalue weighted by atomic mass is 10.2. The van der Waals surface area contributed by atoms with E-state index in [0.717, 1.165) is 48.2 Å². The molecule has 0 spiro atoms. The van der Waals surface area contributed by atoms with E-state index in [1.807, 2.05) is 48.7 Å². The number of H-pyrrole nitrogens is 1. The van der Waals surface area contributed by atoms with Crippen LogP contribution in [0.2, 0.25) is 0 Å². The van der Waals surface area contributed by atoms with Crippen LogP contribution >= 0.6 is 11.3 Å². The van der Waals surface area contributed by atoms with Crippen molar-refractivity contribution in [1.29, 1.82) is 0 Å². The number of piperazine rings is 1. The van der Waals surface area contributed by atoms with Crippen LogP contribution in [0.5, 0.6) is 5.75 Å². The largest absolute Gasteiger partial charge is 0.495 e. The normalized spacial score (nSPS) is 15.4. The number of rotatable bonds is 7. The van der Waals surface area contributed by atoms with E-state index in [4.69, 9.17) is 4.74 Å². The molecule has 0 radical (unpaired) electrons. The van der Waals surface area contributed by atoms with Crippen LogP contribution in [0, 0.1) is 0 Å². The third kappa shape index (κ3) is 5.03. The van der Waals surface area contributed by atoms with Crippen LogP contribution in [0.1, 0.15) is 33.9 Å². The number of hydrogen-bond donors (Lipinski definition) is 2. The number of hydrogen-bond acceptors (Lipinski definition) is 6. The summed E-state index contributed by atoms with van der Waals surface area (Å²) in [5.74, 6) is 0.525. The Labute approximate surface area is 191 Å². The van der Waals surface area contributed by atoms with E-state index in [2.05, 4.69) is 26.2 Å². The standard InChI is InChI=1S/C24H28N4O3S/c1-17(22-8-5-15-32-22)25-23(29)19-10-9-18(26-24(19)30)16-27-11-13-28(14-12-27)20-6-3-4-7-21(20)31-2/h3-10,15,17H,11-14,16H2,1-2H3,(H,25,29)(H,26,30)/t17-/m0/s1. The molecule has 2 aromatic heterocycles. The molecule has 1 atom stereocenters. The number of carbonyl (C=O) groups excluding carboxylic acids is 1. The van der Waals surface area contributed by atoms with Crippen molar-refractivity contribution >= 4 is 22.9 Å². The Hall–Kier alpha value is -3.10. The molecule has 1 aliphatic heterocycles. The molecule has 1 aromatic carbocycles. The van der Waals surface area contributed by atoms with Gasteiger partial charge in [-0.2, -0.15) is 0 Å². The summed E-state index contributed by atoms with van der Waals surface area (Å²) in [6.45, 7) is 6.07. The van der Waals surface area contributed by atoms with Crippen molar-refractivity contribution in [2.24, 2.45) is 0 Å². The lowest BCUT2D eigenvalue weighted by Gasteiger charge is -2.36. The number of aromatic amines is 1. The average molecular weight is 453 g/mol. The van der Waals surface area contributed by atoms with E-state index in [1.165, 1.54) is 0 Å². The Bertz CT molecular complexity index is 1100. The van der Waals surface area contributed by atoms with Gasteiger partial charge >= 0.3 is 0 Å². The fourth-order valence-electron chi connectivity index (χ4n) is 3.95. The molecular weight excluding hydrogens is 424 g/mol. The van der Waals surface area contributed by atoms with Gasteiger partial charge in [0.2, 0.25) is 0 Å². The van der Waals surface area contributed by atoms with E-state index in [1.54, 1.807) is 24.5 Å². The molecule has 32 heavy (non-hydrogen) atoms. The molecule has 1 fully saturated rings. The van der Waals surface area contributed by atoms with Crippen LogP contribution in [-0.2, 0) is 6.54 Å². The molecule has 3 aromatic rings. The molecule has 0 saturated carbocycles. The van der Waals surface area contributed by atoms with Crippen LogP contribution in [0.4, 0.5) is 5.69 Å². The minimum Gasteiger partial charge on any atom is -0.495 e. The molecule has 7 nitrogen and oxygen atoms in total. The quantitative estimate of drug-likeness (QED) is 0.575. The molecule has 1 saturated heterocycles. The second-order valence-corrected chi connectivity index (χ2v) is 8.85. The summed E-state index contributed by atoms with van der Waals surface area (Å²) in [5.41, 5.74) is 1.70. The summed E-state index contributed by atoms with van der Waals surface area (Å²) < 4.78 is 5.48. The molecule has 168 valence electrons. The topological polar surface area (TPSA) is 77.7 Å². The number of aromatic nitrogens is 1. The predicted octanol–water partition coefficient (Wildman–Crippen LogP) is 3.26. The van der Waals surface area contributed by atoms with Crippen LogP contribution in [-0.4, -0.2) is 49.1 Å². The van der Waals surface area contributed by atoms with Gasteiger partial charge in [-0.1, -0.05) is 18.2 Å². The fraction of sp³-hybridized carbons (Fsp3) is 0.333. The number of thiophene rings is 1. The lowest BCUT2D eigenvalue weighted by molar-refractivity contribution is 0.0939. The summed E-state index contributed by atoms with van der Waals surface area (Å²) in [5, 5.41) is 4.86. The number of nitrogens with one attached hydrogen (secondary N) is 2. The summed E-state index contributed by atoms with van der Waals surface area (Å²) in [7, 11) is 1.69. The van der Waals surface area contributed by atoms with E-state index in [-0.39, 0.29) is 23.1 Å². The zero-order valence-electron chi connectivity index (χ0n) is 18.3. The van der Waals surface area contributed by atoms with Crippen LogP contribution in [0.25, 0.3) is 0 Å². The monoisotopic (exact) mass is 452 g/mol. The van der Waals surface area contributed by atoms with Gasteiger partial charge in [0.25, 0.3) is 11.5 Å². The minimum absolute atomic E-state index is 0.137. The zero-order chi connectivity index (χ0) is 22.5. The minimum atomic E-state index is -0.357. The average Bonchev–Trinajstić information content (AvgIpc) is 3.35. The molecule has 2 N–H and O–H groups in total. The molecule has 0 aliphatic carbocycles. The van der Waals surface area contributed by atoms with E-state index < -0.39 is 0 Å². The van der Waals surface area contributed by atoms with Crippen molar-refractivity contribution in [3.05, 3.63) is 80.4 Å². The number of amides is 1. The molecule has 4 rings (SSSR count). The Morgan fingerprint density at radius 2 is 1.91 bits per heavy atom. The van der Waals surface area contributed by atoms with Gasteiger partial charge < -0.3 is 19.9 Å². The third-order valence-electron chi connectivity index (χ3n) is 5.72. The van der Waals surface area contributed by atoms with E-state index >= 15 is 0 Å². The maximum absolute atomic E-state index is 12.5. The van der Waals surface area contributed by atoms with E-state index in [9.17, 15) is 9.59 Å². The van der Waals surface area contributed by atoms with Gasteiger partial charge in [0, 0.05) is 43.3 Å². The summed E-state index contributed by atoms with van der Waals surface area (Å²) in [6.07, 6.45) is 0. The number of benzene rings is 1. The van der Waals surface area contributed by atoms with Crippen molar-refractivity contribution in [2.75, 3.05) is 38.2 Å². The van der Waals surface area contributed by atoms with Crippen LogP contribution in [0.3, 0.4) is 0 Å². The van der Waals surface area contributed by atoms with Gasteiger partial charge in [0.15, 0.2) is 0 Å². The van der Waals surface area contributed by atoms with Crippen molar-refractivity contribution < 1.29 is 9.53 Å². The molecule has 0 bridgehead atoms. The Morgan fingerprint density at radius 3 is 2.59 bits per heavy atom. The number of anilines is 1. The zero-order valence-corrected chi connectivity index (χ0v) is 19.2. The SMILES string of the molecule is COc1ccccc1N1CCN(Cc2ccc(C(=O)N[C@@H](C)c3cccs3)c(=O)[nH]2)CC1. The smallest absolute Gasteiger partial charge is 0.261 e. The first-order chi connectivity index (χ1) is 15.5. The van der Waals surface area contributed by atoms with Gasteiger partial charge in [-0.25, -0.2) is 0 Å². The number of carbonyl (C=O) groups is 1. The van der Waals surface area contributed by atoms with Crippen molar-refractivity contribution in [1.82, 2.24) is 15.2 Å². The first-order valence-corrected chi connectivity index (χ1v) is 11.6. The number of methoxy groups -OCH3 is 1. The molecular formula is C24H28N4O3S. The summed E-state index contributed by atoms with van der Waals surface area (Å²) >= 11 is 1.58. The Kier molecular flexibility index (Phi) is 6.92.